The number of alkyl carbamates (subject to hydrolysis) is 1. The number of ether oxygens (including phenoxy) is 3. The summed E-state index contributed by atoms with van der Waals surface area (Å²) < 4.78 is 17.3. The third-order valence-electron chi connectivity index (χ3n) is 13.1. The third kappa shape index (κ3) is 45.7. The van der Waals surface area contributed by atoms with Crippen LogP contribution in [0, 0.1) is 5.92 Å². The van der Waals surface area contributed by atoms with Crippen molar-refractivity contribution in [3.8, 4) is 0 Å². The lowest BCUT2D eigenvalue weighted by atomic mass is 9.94. The number of carbonyl (C=O) groups excluding carboxylic acids is 3. The molecular formula is C56H111N3O6. The molecule has 9 nitrogen and oxygen atoms in total. The molecule has 0 aliphatic rings. The van der Waals surface area contributed by atoms with Crippen LogP contribution >= 0.6 is 0 Å². The van der Waals surface area contributed by atoms with E-state index in [9.17, 15) is 14.4 Å². The van der Waals surface area contributed by atoms with Gasteiger partial charge in [-0.1, -0.05) is 201 Å². The van der Waals surface area contributed by atoms with Crippen molar-refractivity contribution in [2.24, 2.45) is 5.92 Å². The number of unbranched alkanes of at least 4 members (excludes halogenated alkanes) is 27. The average Bonchev–Trinajstić information content (AvgIpc) is 3.28. The van der Waals surface area contributed by atoms with Gasteiger partial charge in [-0.3, -0.25) is 9.59 Å². The first-order chi connectivity index (χ1) is 31.8. The van der Waals surface area contributed by atoms with Gasteiger partial charge < -0.3 is 29.3 Å². The molecule has 0 bridgehead atoms. The predicted molar refractivity (Wildman–Crippen MR) is 277 cm³/mol. The Kier molecular flexibility index (Phi) is 48.6. The van der Waals surface area contributed by atoms with Crippen LogP contribution in [-0.4, -0.2) is 94.0 Å². The van der Waals surface area contributed by atoms with Crippen molar-refractivity contribution in [3.05, 3.63) is 0 Å². The standard InChI is InChI=1S/C56H111N3O6/c1-7-11-15-19-25-33-41-52(40-32-18-14-10-4)55(61)63-50-39-31-23-22-29-37-46-59(48-45-57-56(62)64-51-49-58(5)6)47-38-30-24-28-36-44-54(60)65-53(42-34-26-20-16-12-8-2)43-35-27-21-17-13-9-3/h52-53H,7-51H2,1-6H3,(H,57,62). The summed E-state index contributed by atoms with van der Waals surface area (Å²) in [6, 6.07) is 0. The maximum atomic E-state index is 13.0. The molecule has 0 aliphatic heterocycles. The molecule has 0 aromatic carbocycles. The second kappa shape index (κ2) is 50.0. The highest BCUT2D eigenvalue weighted by atomic mass is 16.6. The summed E-state index contributed by atoms with van der Waals surface area (Å²) in [7, 11) is 3.94. The van der Waals surface area contributed by atoms with E-state index in [0.29, 0.717) is 32.7 Å². The molecular weight excluding hydrogens is 811 g/mol. The van der Waals surface area contributed by atoms with Crippen LogP contribution in [0.2, 0.25) is 0 Å². The quantitative estimate of drug-likeness (QED) is 0.0366. The van der Waals surface area contributed by atoms with Gasteiger partial charge in [-0.25, -0.2) is 4.79 Å². The molecule has 0 aromatic rings. The van der Waals surface area contributed by atoms with E-state index in [1.807, 2.05) is 19.0 Å². The van der Waals surface area contributed by atoms with Crippen LogP contribution in [0.25, 0.3) is 0 Å². The van der Waals surface area contributed by atoms with Crippen molar-refractivity contribution in [1.29, 1.82) is 0 Å². The molecule has 0 aromatic heterocycles. The summed E-state index contributed by atoms with van der Waals surface area (Å²) in [4.78, 5) is 42.7. The van der Waals surface area contributed by atoms with Gasteiger partial charge in [0.2, 0.25) is 0 Å². The maximum Gasteiger partial charge on any atom is 0.407 e. The summed E-state index contributed by atoms with van der Waals surface area (Å²) in [5.74, 6) is 0.134. The Labute approximate surface area is 404 Å². The zero-order chi connectivity index (χ0) is 47.7. The minimum absolute atomic E-state index is 0.00467. The first-order valence-electron chi connectivity index (χ1n) is 28.4. The van der Waals surface area contributed by atoms with E-state index in [4.69, 9.17) is 14.2 Å². The minimum Gasteiger partial charge on any atom is -0.465 e. The Balaban J connectivity index is 4.63. The SMILES string of the molecule is CCCCCCCCC(CCCCCCCC)OC(=O)CCCCCCCN(CCCCCCCCOC(=O)C(CCCCCC)CCCCCCCC)CCNC(=O)OCCN(C)C. The molecule has 65 heavy (non-hydrogen) atoms. The van der Waals surface area contributed by atoms with Gasteiger partial charge in [-0.15, -0.1) is 0 Å². The Morgan fingerprint density at radius 1 is 0.431 bits per heavy atom. The van der Waals surface area contributed by atoms with E-state index in [2.05, 4.69) is 37.9 Å². The molecule has 1 unspecified atom stereocenters. The molecule has 386 valence electrons. The smallest absolute Gasteiger partial charge is 0.407 e. The maximum absolute atomic E-state index is 13.0. The van der Waals surface area contributed by atoms with Gasteiger partial charge in [0.25, 0.3) is 0 Å². The first kappa shape index (κ1) is 63.1. The Morgan fingerprint density at radius 2 is 0.846 bits per heavy atom. The van der Waals surface area contributed by atoms with E-state index in [1.165, 1.54) is 148 Å². The summed E-state index contributed by atoms with van der Waals surface area (Å²) in [5.41, 5.74) is 0. The van der Waals surface area contributed by atoms with E-state index in [-0.39, 0.29) is 30.1 Å². The number of amides is 1. The number of likely N-dealkylation sites (N-methyl/N-ethyl adjacent to an activating group) is 1. The van der Waals surface area contributed by atoms with Crippen LogP contribution in [0.1, 0.15) is 272 Å². The molecule has 0 radical (unpaired) electrons. The van der Waals surface area contributed by atoms with Crippen LogP contribution in [0.4, 0.5) is 4.79 Å². The van der Waals surface area contributed by atoms with Gasteiger partial charge in [0.1, 0.15) is 12.7 Å². The number of nitrogens with one attached hydrogen (secondary N) is 1. The molecule has 0 rings (SSSR count). The fourth-order valence-corrected chi connectivity index (χ4v) is 8.77. The van der Waals surface area contributed by atoms with Crippen molar-refractivity contribution < 1.29 is 28.6 Å². The normalized spacial score (nSPS) is 12.1. The van der Waals surface area contributed by atoms with Crippen LogP contribution in [-0.2, 0) is 23.8 Å². The summed E-state index contributed by atoms with van der Waals surface area (Å²) in [6.45, 7) is 14.1. The molecule has 0 saturated carbocycles. The van der Waals surface area contributed by atoms with Crippen LogP contribution in [0.15, 0.2) is 0 Å². The monoisotopic (exact) mass is 922 g/mol. The van der Waals surface area contributed by atoms with E-state index < -0.39 is 0 Å². The number of nitrogens with zero attached hydrogens (tertiary/aromatic N) is 2. The largest absolute Gasteiger partial charge is 0.465 e. The molecule has 0 spiro atoms. The van der Waals surface area contributed by atoms with Crippen molar-refractivity contribution in [2.75, 3.05) is 60.0 Å². The summed E-state index contributed by atoms with van der Waals surface area (Å²) in [5, 5.41) is 2.95. The second-order valence-corrected chi connectivity index (χ2v) is 19.8. The van der Waals surface area contributed by atoms with Gasteiger partial charge in [-0.2, -0.15) is 0 Å². The molecule has 1 N–H and O–H groups in total. The second-order valence-electron chi connectivity index (χ2n) is 19.8. The van der Waals surface area contributed by atoms with Gasteiger partial charge in [0, 0.05) is 26.1 Å². The zero-order valence-electron chi connectivity index (χ0n) is 44.3. The topological polar surface area (TPSA) is 97.4 Å². The number of carbonyl (C=O) groups is 3. The van der Waals surface area contributed by atoms with Crippen molar-refractivity contribution in [3.63, 3.8) is 0 Å². The molecule has 0 heterocycles. The molecule has 0 aliphatic carbocycles. The van der Waals surface area contributed by atoms with Gasteiger partial charge in [0.05, 0.1) is 12.5 Å². The van der Waals surface area contributed by atoms with Gasteiger partial charge in [0.15, 0.2) is 0 Å². The van der Waals surface area contributed by atoms with Crippen LogP contribution in [0.3, 0.4) is 0 Å². The molecule has 9 heteroatoms. The van der Waals surface area contributed by atoms with E-state index >= 15 is 0 Å². The summed E-state index contributed by atoms with van der Waals surface area (Å²) >= 11 is 0. The van der Waals surface area contributed by atoms with Crippen LogP contribution in [0.5, 0.6) is 0 Å². The fraction of sp³-hybridized carbons (Fsp3) is 0.946. The number of esters is 2. The summed E-state index contributed by atoms with van der Waals surface area (Å²) in [6.07, 6.45) is 44.1. The van der Waals surface area contributed by atoms with E-state index in [1.54, 1.807) is 0 Å². The number of hydrogen-bond acceptors (Lipinski definition) is 8. The zero-order valence-corrected chi connectivity index (χ0v) is 44.3. The predicted octanol–water partition coefficient (Wildman–Crippen LogP) is 15.6. The fourth-order valence-electron chi connectivity index (χ4n) is 8.77. The van der Waals surface area contributed by atoms with E-state index in [0.717, 1.165) is 110 Å². The third-order valence-corrected chi connectivity index (χ3v) is 13.1. The van der Waals surface area contributed by atoms with Crippen molar-refractivity contribution in [2.45, 2.75) is 278 Å². The molecule has 1 amide bonds. The minimum atomic E-state index is -0.340. The van der Waals surface area contributed by atoms with Crippen LogP contribution < -0.4 is 5.32 Å². The van der Waals surface area contributed by atoms with Crippen molar-refractivity contribution >= 4 is 18.0 Å². The molecule has 1 atom stereocenters. The Hall–Kier alpha value is -1.87. The van der Waals surface area contributed by atoms with Gasteiger partial charge >= 0.3 is 18.0 Å². The highest BCUT2D eigenvalue weighted by molar-refractivity contribution is 5.72. The highest BCUT2D eigenvalue weighted by Gasteiger charge is 2.19. The lowest BCUT2D eigenvalue weighted by molar-refractivity contribution is -0.150. The number of hydrogen-bond donors (Lipinski definition) is 1. The Bertz CT molecular complexity index is 1010. The number of rotatable bonds is 51. The molecule has 0 fully saturated rings. The first-order valence-corrected chi connectivity index (χ1v) is 28.4. The molecule has 0 saturated heterocycles. The van der Waals surface area contributed by atoms with Gasteiger partial charge in [-0.05, 0) is 91.4 Å². The average molecular weight is 923 g/mol. The Morgan fingerprint density at radius 3 is 1.34 bits per heavy atom. The lowest BCUT2D eigenvalue weighted by Crippen LogP contribution is -2.37. The highest BCUT2D eigenvalue weighted by Crippen LogP contribution is 2.22. The lowest BCUT2D eigenvalue weighted by Gasteiger charge is -2.22. The van der Waals surface area contributed by atoms with Crippen molar-refractivity contribution in [1.82, 2.24) is 15.1 Å².